The number of nitrogens with one attached hydrogen (secondary N) is 2. The van der Waals surface area contributed by atoms with E-state index < -0.39 is 0 Å². The molecule has 1 saturated carbocycles. The molecule has 1 fully saturated rings. The van der Waals surface area contributed by atoms with E-state index in [0.717, 1.165) is 25.7 Å². The highest BCUT2D eigenvalue weighted by Gasteiger charge is 2.16. The minimum atomic E-state index is -0.326. The molecule has 0 saturated heterocycles. The molecule has 0 bridgehead atoms. The molecular formula is C17H21Cl2N3O2. The molecule has 1 aromatic rings. The molecule has 130 valence electrons. The Morgan fingerprint density at radius 2 is 1.71 bits per heavy atom. The van der Waals surface area contributed by atoms with Crippen molar-refractivity contribution in [3.8, 4) is 0 Å². The Bertz CT molecular complexity index is 594. The van der Waals surface area contributed by atoms with Crippen LogP contribution in [0.1, 0.15) is 50.5 Å². The highest BCUT2D eigenvalue weighted by molar-refractivity contribution is 6.38. The van der Waals surface area contributed by atoms with Crippen LogP contribution < -0.4 is 10.7 Å². The summed E-state index contributed by atoms with van der Waals surface area (Å²) in [4.78, 5) is 23.6. The molecule has 5 nitrogen and oxygen atoms in total. The topological polar surface area (TPSA) is 70.6 Å². The summed E-state index contributed by atoms with van der Waals surface area (Å²) in [5, 5.41) is 7.71. The predicted molar refractivity (Wildman–Crippen MR) is 96.4 cm³/mol. The van der Waals surface area contributed by atoms with Crippen molar-refractivity contribution < 1.29 is 9.59 Å². The first kappa shape index (κ1) is 18.7. The number of nitrogens with zero attached hydrogens (tertiary/aromatic N) is 1. The maximum absolute atomic E-state index is 11.8. The van der Waals surface area contributed by atoms with Crippen LogP contribution in [0.4, 0.5) is 0 Å². The van der Waals surface area contributed by atoms with Gasteiger partial charge in [0.05, 0.1) is 16.3 Å². The average molecular weight is 370 g/mol. The van der Waals surface area contributed by atoms with Gasteiger partial charge in [0, 0.05) is 24.4 Å². The van der Waals surface area contributed by atoms with Crippen LogP contribution in [-0.2, 0) is 9.59 Å². The number of halogens is 2. The van der Waals surface area contributed by atoms with Gasteiger partial charge in [-0.3, -0.25) is 9.59 Å². The van der Waals surface area contributed by atoms with Crippen molar-refractivity contribution >= 4 is 41.2 Å². The van der Waals surface area contributed by atoms with Gasteiger partial charge in [0.2, 0.25) is 11.8 Å². The SMILES string of the molecule is O=C(CCC(=O)NC1CCCCC1)N/N=C/c1c(Cl)cccc1Cl. The molecule has 1 aliphatic rings. The summed E-state index contributed by atoms with van der Waals surface area (Å²) < 4.78 is 0. The van der Waals surface area contributed by atoms with Crippen LogP contribution in [0.2, 0.25) is 10.0 Å². The molecule has 0 aliphatic heterocycles. The first-order chi connectivity index (χ1) is 11.6. The van der Waals surface area contributed by atoms with Crippen LogP contribution in [-0.4, -0.2) is 24.1 Å². The molecule has 2 rings (SSSR count). The number of carbonyl (C=O) groups is 2. The Morgan fingerprint density at radius 1 is 1.08 bits per heavy atom. The normalized spacial score (nSPS) is 15.4. The van der Waals surface area contributed by atoms with Gasteiger partial charge in [-0.25, -0.2) is 5.43 Å². The lowest BCUT2D eigenvalue weighted by atomic mass is 9.95. The van der Waals surface area contributed by atoms with Crippen molar-refractivity contribution in [2.24, 2.45) is 5.10 Å². The van der Waals surface area contributed by atoms with E-state index in [2.05, 4.69) is 15.8 Å². The number of benzene rings is 1. The van der Waals surface area contributed by atoms with Crippen LogP contribution >= 0.6 is 23.2 Å². The summed E-state index contributed by atoms with van der Waals surface area (Å²) in [5.41, 5.74) is 2.92. The van der Waals surface area contributed by atoms with Gasteiger partial charge in [0.25, 0.3) is 0 Å². The summed E-state index contributed by atoms with van der Waals surface area (Å²) in [6.45, 7) is 0. The molecule has 0 aromatic heterocycles. The third-order valence-electron chi connectivity index (χ3n) is 3.93. The zero-order valence-corrected chi connectivity index (χ0v) is 14.9. The van der Waals surface area contributed by atoms with Crippen molar-refractivity contribution in [2.45, 2.75) is 51.0 Å². The zero-order valence-electron chi connectivity index (χ0n) is 13.4. The van der Waals surface area contributed by atoms with Gasteiger partial charge in [0.1, 0.15) is 0 Å². The second kappa shape index (κ2) is 9.64. The quantitative estimate of drug-likeness (QED) is 0.593. The molecule has 0 unspecified atom stereocenters. The predicted octanol–water partition coefficient (Wildman–Crippen LogP) is 3.67. The lowest BCUT2D eigenvalue weighted by Crippen LogP contribution is -2.36. The van der Waals surface area contributed by atoms with E-state index in [1.165, 1.54) is 12.6 Å². The van der Waals surface area contributed by atoms with E-state index in [9.17, 15) is 9.59 Å². The molecule has 24 heavy (non-hydrogen) atoms. The van der Waals surface area contributed by atoms with Gasteiger partial charge in [-0.1, -0.05) is 48.5 Å². The van der Waals surface area contributed by atoms with Crippen LogP contribution in [0, 0.1) is 0 Å². The second-order valence-corrected chi connectivity index (χ2v) is 6.65. The Kier molecular flexibility index (Phi) is 7.53. The number of rotatable bonds is 6. The number of hydrogen-bond acceptors (Lipinski definition) is 3. The monoisotopic (exact) mass is 369 g/mol. The summed E-state index contributed by atoms with van der Waals surface area (Å²) in [7, 11) is 0. The van der Waals surface area contributed by atoms with E-state index in [1.54, 1.807) is 18.2 Å². The number of hydrazone groups is 1. The summed E-state index contributed by atoms with van der Waals surface area (Å²) in [5.74, 6) is -0.414. The maximum Gasteiger partial charge on any atom is 0.240 e. The molecule has 2 amide bonds. The molecule has 7 heteroatoms. The van der Waals surface area contributed by atoms with Gasteiger partial charge in [-0.2, -0.15) is 5.10 Å². The Hall–Kier alpha value is -1.59. The minimum Gasteiger partial charge on any atom is -0.353 e. The second-order valence-electron chi connectivity index (χ2n) is 5.83. The Balaban J connectivity index is 1.71. The minimum absolute atomic E-state index is 0.0878. The first-order valence-corrected chi connectivity index (χ1v) is 8.87. The average Bonchev–Trinajstić information content (AvgIpc) is 2.56. The molecule has 0 atom stereocenters. The van der Waals surface area contributed by atoms with Crippen LogP contribution in [0.5, 0.6) is 0 Å². The molecule has 2 N–H and O–H groups in total. The summed E-state index contributed by atoms with van der Waals surface area (Å²) in [6.07, 6.45) is 7.25. The molecule has 1 aliphatic carbocycles. The van der Waals surface area contributed by atoms with Crippen molar-refractivity contribution in [1.29, 1.82) is 0 Å². The highest BCUT2D eigenvalue weighted by Crippen LogP contribution is 2.22. The van der Waals surface area contributed by atoms with E-state index in [4.69, 9.17) is 23.2 Å². The van der Waals surface area contributed by atoms with Crippen molar-refractivity contribution in [3.63, 3.8) is 0 Å². The molecular weight excluding hydrogens is 349 g/mol. The smallest absolute Gasteiger partial charge is 0.240 e. The fraction of sp³-hybridized carbons (Fsp3) is 0.471. The lowest BCUT2D eigenvalue weighted by molar-refractivity contribution is -0.126. The van der Waals surface area contributed by atoms with Crippen LogP contribution in [0.25, 0.3) is 0 Å². The van der Waals surface area contributed by atoms with E-state index in [0.29, 0.717) is 15.6 Å². The number of carbonyl (C=O) groups excluding carboxylic acids is 2. The van der Waals surface area contributed by atoms with Crippen molar-refractivity contribution in [2.75, 3.05) is 0 Å². The summed E-state index contributed by atoms with van der Waals surface area (Å²) in [6, 6.07) is 5.36. The van der Waals surface area contributed by atoms with Crippen molar-refractivity contribution in [1.82, 2.24) is 10.7 Å². The third kappa shape index (κ3) is 6.13. The third-order valence-corrected chi connectivity index (χ3v) is 4.59. The van der Waals surface area contributed by atoms with E-state index in [1.807, 2.05) is 0 Å². The van der Waals surface area contributed by atoms with Crippen molar-refractivity contribution in [3.05, 3.63) is 33.8 Å². The van der Waals surface area contributed by atoms with Gasteiger partial charge >= 0.3 is 0 Å². The lowest BCUT2D eigenvalue weighted by Gasteiger charge is -2.22. The maximum atomic E-state index is 11.8. The van der Waals surface area contributed by atoms with Gasteiger partial charge in [-0.15, -0.1) is 0 Å². The van der Waals surface area contributed by atoms with Gasteiger partial charge in [0.15, 0.2) is 0 Å². The Morgan fingerprint density at radius 3 is 2.38 bits per heavy atom. The van der Waals surface area contributed by atoms with E-state index in [-0.39, 0.29) is 30.7 Å². The molecule has 1 aromatic carbocycles. The standard InChI is InChI=1S/C17H21Cl2N3O2/c18-14-7-4-8-15(19)13(14)11-20-22-17(24)10-9-16(23)21-12-5-2-1-3-6-12/h4,7-8,11-12H,1-3,5-6,9-10H2,(H,21,23)(H,22,24)/b20-11+. The Labute approximate surface area is 151 Å². The van der Waals surface area contributed by atoms with Crippen LogP contribution in [0.3, 0.4) is 0 Å². The summed E-state index contributed by atoms with van der Waals surface area (Å²) >= 11 is 12.0. The van der Waals surface area contributed by atoms with Gasteiger partial charge in [-0.05, 0) is 25.0 Å². The number of amides is 2. The number of hydrogen-bond donors (Lipinski definition) is 2. The van der Waals surface area contributed by atoms with E-state index >= 15 is 0 Å². The molecule has 0 radical (unpaired) electrons. The van der Waals surface area contributed by atoms with Gasteiger partial charge < -0.3 is 5.32 Å². The van der Waals surface area contributed by atoms with Crippen LogP contribution in [0.15, 0.2) is 23.3 Å². The fourth-order valence-electron chi connectivity index (χ4n) is 2.63. The first-order valence-electron chi connectivity index (χ1n) is 8.11. The molecule has 0 heterocycles. The largest absolute Gasteiger partial charge is 0.353 e. The fourth-order valence-corrected chi connectivity index (χ4v) is 3.13. The highest BCUT2D eigenvalue weighted by atomic mass is 35.5. The zero-order chi connectivity index (χ0) is 17.4. The molecule has 0 spiro atoms.